The molecule has 6 nitrogen and oxygen atoms in total. The third kappa shape index (κ3) is 2.17. The number of pyridine rings is 2. The number of aryl methyl sites for hydroxylation is 1. The van der Waals surface area contributed by atoms with Gasteiger partial charge in [0.25, 0.3) is 0 Å². The normalized spacial score (nSPS) is 14.0. The van der Waals surface area contributed by atoms with E-state index in [1.165, 1.54) is 12.8 Å². The summed E-state index contributed by atoms with van der Waals surface area (Å²) >= 11 is 0. The summed E-state index contributed by atoms with van der Waals surface area (Å²) < 4.78 is 1.70. The average molecular weight is 290 g/mol. The minimum Gasteiger partial charge on any atom is -0.382 e. The first-order chi connectivity index (χ1) is 10.7. The van der Waals surface area contributed by atoms with Crippen LogP contribution in [0.25, 0.3) is 16.9 Å². The maximum absolute atomic E-state index is 8.94. The second-order valence-corrected chi connectivity index (χ2v) is 5.58. The van der Waals surface area contributed by atoms with Gasteiger partial charge in [-0.2, -0.15) is 15.0 Å². The van der Waals surface area contributed by atoms with Crippen LogP contribution in [0, 0.1) is 18.3 Å². The maximum atomic E-state index is 8.94. The molecule has 0 radical (unpaired) electrons. The molecule has 22 heavy (non-hydrogen) atoms. The Morgan fingerprint density at radius 3 is 2.86 bits per heavy atom. The molecule has 3 heterocycles. The first kappa shape index (κ1) is 12.8. The van der Waals surface area contributed by atoms with Crippen LogP contribution in [0.1, 0.15) is 24.0 Å². The number of nitrogens with one attached hydrogen (secondary N) is 1. The molecule has 0 unspecified atom stereocenters. The Morgan fingerprint density at radius 2 is 2.09 bits per heavy atom. The van der Waals surface area contributed by atoms with Gasteiger partial charge in [-0.1, -0.05) is 0 Å². The highest BCUT2D eigenvalue weighted by Crippen LogP contribution is 2.27. The summed E-state index contributed by atoms with van der Waals surface area (Å²) in [5, 5.41) is 17.6. The molecule has 0 atom stereocenters. The molecule has 1 N–H and O–H groups in total. The van der Waals surface area contributed by atoms with Gasteiger partial charge < -0.3 is 5.32 Å². The van der Waals surface area contributed by atoms with Gasteiger partial charge in [0.15, 0.2) is 11.5 Å². The third-order valence-electron chi connectivity index (χ3n) is 3.78. The number of hydrogen-bond acceptors (Lipinski definition) is 5. The van der Waals surface area contributed by atoms with Crippen molar-refractivity contribution in [3.05, 3.63) is 41.9 Å². The second-order valence-electron chi connectivity index (χ2n) is 5.58. The number of nitriles is 1. The first-order valence-electron chi connectivity index (χ1n) is 7.22. The summed E-state index contributed by atoms with van der Waals surface area (Å²) in [5.74, 6) is 0.723. The molecule has 1 aliphatic carbocycles. The van der Waals surface area contributed by atoms with Gasteiger partial charge in [0.2, 0.25) is 0 Å². The molecule has 3 aromatic heterocycles. The number of aromatic nitrogens is 4. The van der Waals surface area contributed by atoms with Crippen molar-refractivity contribution < 1.29 is 0 Å². The summed E-state index contributed by atoms with van der Waals surface area (Å²) in [6, 6.07) is 6.45. The van der Waals surface area contributed by atoms with Crippen LogP contribution in [-0.2, 0) is 0 Å². The summed E-state index contributed by atoms with van der Waals surface area (Å²) in [7, 11) is 0. The molecule has 0 bridgehead atoms. The van der Waals surface area contributed by atoms with Crippen LogP contribution in [0.5, 0.6) is 0 Å². The van der Waals surface area contributed by atoms with E-state index in [-0.39, 0.29) is 0 Å². The molecular formula is C16H14N6. The van der Waals surface area contributed by atoms with Crippen LogP contribution in [0.4, 0.5) is 5.69 Å². The Hall–Kier alpha value is -2.94. The monoisotopic (exact) mass is 290 g/mol. The van der Waals surface area contributed by atoms with Gasteiger partial charge in [0, 0.05) is 35.6 Å². The average Bonchev–Trinajstić information content (AvgIpc) is 3.25. The van der Waals surface area contributed by atoms with Gasteiger partial charge in [-0.25, -0.2) is 9.97 Å². The van der Waals surface area contributed by atoms with Crippen molar-refractivity contribution in [3.8, 4) is 11.9 Å². The van der Waals surface area contributed by atoms with E-state index in [0.717, 1.165) is 22.5 Å². The Balaban J connectivity index is 1.79. The molecular weight excluding hydrogens is 276 g/mol. The van der Waals surface area contributed by atoms with E-state index in [0.29, 0.717) is 17.3 Å². The molecule has 4 rings (SSSR count). The zero-order valence-electron chi connectivity index (χ0n) is 12.1. The van der Waals surface area contributed by atoms with Crippen LogP contribution in [0.15, 0.2) is 30.7 Å². The van der Waals surface area contributed by atoms with Gasteiger partial charge in [-0.05, 0) is 31.4 Å². The van der Waals surface area contributed by atoms with Crippen molar-refractivity contribution >= 4 is 16.7 Å². The number of nitrogens with zero attached hydrogens (tertiary/aromatic N) is 5. The molecule has 3 aromatic rings. The number of anilines is 1. The molecule has 0 amide bonds. The van der Waals surface area contributed by atoms with Crippen molar-refractivity contribution in [3.63, 3.8) is 0 Å². The Labute approximate surface area is 127 Å². The molecule has 0 saturated heterocycles. The Kier molecular flexibility index (Phi) is 2.79. The fourth-order valence-electron chi connectivity index (χ4n) is 2.38. The van der Waals surface area contributed by atoms with Gasteiger partial charge in [0.1, 0.15) is 6.07 Å². The lowest BCUT2D eigenvalue weighted by atomic mass is 10.2. The van der Waals surface area contributed by atoms with E-state index in [9.17, 15) is 0 Å². The molecule has 1 fully saturated rings. The van der Waals surface area contributed by atoms with E-state index in [2.05, 4.69) is 26.5 Å². The van der Waals surface area contributed by atoms with Crippen LogP contribution in [-0.4, -0.2) is 25.8 Å². The molecule has 6 heteroatoms. The van der Waals surface area contributed by atoms with Crippen molar-refractivity contribution in [2.45, 2.75) is 25.8 Å². The van der Waals surface area contributed by atoms with Crippen LogP contribution < -0.4 is 5.32 Å². The molecule has 0 spiro atoms. The lowest BCUT2D eigenvalue weighted by Crippen LogP contribution is -2.06. The fraction of sp³-hybridized carbons (Fsp3) is 0.250. The number of rotatable bonds is 3. The highest BCUT2D eigenvalue weighted by molar-refractivity contribution is 5.77. The van der Waals surface area contributed by atoms with Gasteiger partial charge in [-0.15, -0.1) is 0 Å². The lowest BCUT2D eigenvalue weighted by molar-refractivity contribution is 0.861. The van der Waals surface area contributed by atoms with Crippen LogP contribution in [0.3, 0.4) is 0 Å². The van der Waals surface area contributed by atoms with E-state index < -0.39 is 0 Å². The van der Waals surface area contributed by atoms with E-state index in [1.807, 2.05) is 19.2 Å². The summed E-state index contributed by atoms with van der Waals surface area (Å²) in [6.07, 6.45) is 7.55. The molecule has 0 aromatic carbocycles. The molecule has 108 valence electrons. The summed E-state index contributed by atoms with van der Waals surface area (Å²) in [5.41, 5.74) is 3.43. The number of fused-ring (bicyclic) bond motifs is 1. The zero-order valence-corrected chi connectivity index (χ0v) is 12.1. The maximum Gasteiger partial charge on any atom is 0.164 e. The highest BCUT2D eigenvalue weighted by Gasteiger charge is 2.22. The third-order valence-corrected chi connectivity index (χ3v) is 3.78. The smallest absolute Gasteiger partial charge is 0.164 e. The minimum absolute atomic E-state index is 0.528. The topological polar surface area (TPSA) is 79.4 Å². The first-order valence-corrected chi connectivity index (χ1v) is 7.22. The minimum atomic E-state index is 0.528. The Morgan fingerprint density at radius 1 is 1.23 bits per heavy atom. The largest absolute Gasteiger partial charge is 0.382 e. The summed E-state index contributed by atoms with van der Waals surface area (Å²) in [4.78, 5) is 8.79. The fourth-order valence-corrected chi connectivity index (χ4v) is 2.38. The second kappa shape index (κ2) is 4.81. The summed E-state index contributed by atoms with van der Waals surface area (Å²) in [6.45, 7) is 2.04. The molecule has 1 aliphatic rings. The van der Waals surface area contributed by atoms with Crippen molar-refractivity contribution in [1.82, 2.24) is 19.7 Å². The zero-order chi connectivity index (χ0) is 15.1. The van der Waals surface area contributed by atoms with Gasteiger partial charge in [-0.3, -0.25) is 0 Å². The van der Waals surface area contributed by atoms with Crippen LogP contribution >= 0.6 is 0 Å². The van der Waals surface area contributed by atoms with Crippen molar-refractivity contribution in [1.29, 1.82) is 5.26 Å². The van der Waals surface area contributed by atoms with E-state index in [4.69, 9.17) is 5.26 Å². The van der Waals surface area contributed by atoms with E-state index in [1.54, 1.807) is 23.1 Å². The predicted molar refractivity (Wildman–Crippen MR) is 82.8 cm³/mol. The van der Waals surface area contributed by atoms with Gasteiger partial charge >= 0.3 is 0 Å². The van der Waals surface area contributed by atoms with E-state index >= 15 is 0 Å². The van der Waals surface area contributed by atoms with Crippen LogP contribution in [0.2, 0.25) is 0 Å². The Bertz CT molecular complexity index is 901. The van der Waals surface area contributed by atoms with Gasteiger partial charge in [0.05, 0.1) is 11.8 Å². The number of hydrogen-bond donors (Lipinski definition) is 1. The lowest BCUT2D eigenvalue weighted by Gasteiger charge is -2.10. The standard InChI is InChI=1S/C16H14N6/c1-10-7-18-15(5-14(10)21-13-2-3-13)22-16-12(9-20-22)4-11(6-17)8-19-16/h4-5,7-9,13H,2-3H2,1H3,(H,18,21). The van der Waals surface area contributed by atoms with Crippen molar-refractivity contribution in [2.75, 3.05) is 5.32 Å². The highest BCUT2D eigenvalue weighted by atomic mass is 15.3. The predicted octanol–water partition coefficient (Wildman–Crippen LogP) is 2.57. The quantitative estimate of drug-likeness (QED) is 0.802. The molecule has 0 aliphatic heterocycles. The SMILES string of the molecule is Cc1cnc(-n2ncc3cc(C#N)cnc32)cc1NC1CC1. The molecule has 1 saturated carbocycles. The van der Waals surface area contributed by atoms with Crippen molar-refractivity contribution in [2.24, 2.45) is 0 Å².